The second-order valence-electron chi connectivity index (χ2n) is 10.5. The van der Waals surface area contributed by atoms with Gasteiger partial charge in [0, 0.05) is 37.3 Å². The first-order chi connectivity index (χ1) is 19.3. The minimum Gasteiger partial charge on any atom is -0.475 e. The van der Waals surface area contributed by atoms with Gasteiger partial charge in [-0.15, -0.1) is 0 Å². The van der Waals surface area contributed by atoms with Gasteiger partial charge in [-0.1, -0.05) is 42.5 Å². The number of aliphatic hydroxyl groups is 2. The molecule has 224 valence electrons. The number of benzene rings is 2. The van der Waals surface area contributed by atoms with E-state index in [0.717, 1.165) is 37.8 Å². The van der Waals surface area contributed by atoms with Crippen molar-refractivity contribution in [2.24, 2.45) is 5.73 Å². The van der Waals surface area contributed by atoms with Gasteiger partial charge in [0.1, 0.15) is 0 Å². The van der Waals surface area contributed by atoms with Crippen LogP contribution in [0, 0.1) is 0 Å². The van der Waals surface area contributed by atoms with Gasteiger partial charge in [0.15, 0.2) is 6.10 Å². The number of amides is 2. The number of primary amides is 1. The third-order valence-corrected chi connectivity index (χ3v) is 7.64. The smallest absolute Gasteiger partial charge is 0.475 e. The van der Waals surface area contributed by atoms with Crippen molar-refractivity contribution in [2.75, 3.05) is 13.1 Å². The summed E-state index contributed by atoms with van der Waals surface area (Å²) in [7, 11) is 0. The Bertz CT molecular complexity index is 1180. The maximum absolute atomic E-state index is 12.9. The zero-order valence-electron chi connectivity index (χ0n) is 22.7. The van der Waals surface area contributed by atoms with Crippen molar-refractivity contribution >= 4 is 17.8 Å². The Morgan fingerprint density at radius 1 is 1.02 bits per heavy atom. The predicted octanol–water partition coefficient (Wildman–Crippen LogP) is 2.90. The Balaban J connectivity index is 0.000000587. The highest BCUT2D eigenvalue weighted by Crippen LogP contribution is 2.43. The normalized spacial score (nSPS) is 21.8. The van der Waals surface area contributed by atoms with Crippen LogP contribution in [0.5, 0.6) is 0 Å². The molecule has 5 atom stereocenters. The summed E-state index contributed by atoms with van der Waals surface area (Å²) in [5, 5.41) is 27.1. The number of hydrogen-bond acceptors (Lipinski definition) is 6. The molecule has 5 N–H and O–H groups in total. The van der Waals surface area contributed by atoms with Crippen LogP contribution in [0.2, 0.25) is 0 Å². The topological polar surface area (TPSA) is 144 Å². The van der Waals surface area contributed by atoms with Crippen LogP contribution in [0.4, 0.5) is 13.2 Å². The minimum absolute atomic E-state index is 0.396. The lowest BCUT2D eigenvalue weighted by Gasteiger charge is -2.40. The molecule has 2 aromatic carbocycles. The van der Waals surface area contributed by atoms with E-state index < -0.39 is 36.2 Å². The van der Waals surface area contributed by atoms with E-state index in [9.17, 15) is 33.0 Å². The fourth-order valence-electron chi connectivity index (χ4n) is 5.56. The number of carbonyl (C=O) groups excluding carboxylic acids is 2. The van der Waals surface area contributed by atoms with Crippen molar-refractivity contribution in [3.63, 3.8) is 0 Å². The molecule has 0 saturated carbocycles. The number of carboxylic acid groups (broad SMARTS) is 1. The van der Waals surface area contributed by atoms with Gasteiger partial charge in [-0.25, -0.2) is 4.79 Å². The van der Waals surface area contributed by atoms with E-state index in [2.05, 4.69) is 11.0 Å². The summed E-state index contributed by atoms with van der Waals surface area (Å²) < 4.78 is 31.7. The molecule has 2 fully saturated rings. The summed E-state index contributed by atoms with van der Waals surface area (Å²) in [6.07, 6.45) is -3.35. The van der Waals surface area contributed by atoms with Gasteiger partial charge >= 0.3 is 12.1 Å². The van der Waals surface area contributed by atoms with Crippen molar-refractivity contribution in [3.8, 4) is 0 Å². The van der Waals surface area contributed by atoms with Gasteiger partial charge in [0.25, 0.3) is 5.91 Å². The average Bonchev–Trinajstić information content (AvgIpc) is 3.16. The zero-order valence-corrected chi connectivity index (χ0v) is 22.7. The van der Waals surface area contributed by atoms with Gasteiger partial charge in [0.05, 0.1) is 6.10 Å². The minimum atomic E-state index is -5.08. The van der Waals surface area contributed by atoms with Gasteiger partial charge in [-0.05, 0) is 61.8 Å². The molecule has 0 radical (unpaired) electrons. The lowest BCUT2D eigenvalue weighted by molar-refractivity contribution is -0.192. The average molecular weight is 580 g/mol. The number of hydrogen-bond donors (Lipinski definition) is 4. The molecule has 0 spiro atoms. The second-order valence-corrected chi connectivity index (χ2v) is 10.5. The van der Waals surface area contributed by atoms with E-state index >= 15 is 0 Å². The molecule has 2 saturated heterocycles. The summed E-state index contributed by atoms with van der Waals surface area (Å²) in [6.45, 7) is 3.05. The number of fused-ring (bicyclic) bond motifs is 2. The molecule has 2 aliphatic heterocycles. The number of piperidine rings is 1. The fourth-order valence-corrected chi connectivity index (χ4v) is 5.56. The van der Waals surface area contributed by atoms with Crippen LogP contribution in [-0.4, -0.2) is 86.5 Å². The SMILES string of the molecule is C[C@@H](O)[C@H](O)C(=O)N(CCN1[C@@H]2CC[C@H]1CC(c1cccc(C(N)=O)c1)C2)Cc1ccccc1.O=C(O)C(F)(F)F. The Hall–Kier alpha value is -3.48. The molecule has 0 aromatic heterocycles. The number of aliphatic carboxylic acids is 1. The molecule has 1 unspecified atom stereocenters. The lowest BCUT2D eigenvalue weighted by atomic mass is 9.84. The molecule has 9 nitrogen and oxygen atoms in total. The molecule has 2 bridgehead atoms. The van der Waals surface area contributed by atoms with Crippen molar-refractivity contribution in [1.82, 2.24) is 9.80 Å². The summed E-state index contributed by atoms with van der Waals surface area (Å²) in [5.74, 6) is -3.20. The summed E-state index contributed by atoms with van der Waals surface area (Å²) in [4.78, 5) is 37.6. The van der Waals surface area contributed by atoms with E-state index in [1.807, 2.05) is 42.5 Å². The molecule has 0 aliphatic carbocycles. The van der Waals surface area contributed by atoms with E-state index in [4.69, 9.17) is 15.6 Å². The highest BCUT2D eigenvalue weighted by molar-refractivity contribution is 5.92. The number of nitrogens with two attached hydrogens (primary N) is 1. The predicted molar refractivity (Wildman–Crippen MR) is 144 cm³/mol. The number of nitrogens with zero attached hydrogens (tertiary/aromatic N) is 2. The zero-order chi connectivity index (χ0) is 30.3. The second kappa shape index (κ2) is 13.9. The first-order valence-corrected chi connectivity index (χ1v) is 13.4. The fraction of sp³-hybridized carbons (Fsp3) is 0.483. The van der Waals surface area contributed by atoms with Crippen LogP contribution in [0.15, 0.2) is 54.6 Å². The molecule has 2 heterocycles. The van der Waals surface area contributed by atoms with Crippen molar-refractivity contribution in [2.45, 2.75) is 75.5 Å². The molecule has 12 heteroatoms. The Labute approximate surface area is 236 Å². The number of carbonyl (C=O) groups is 3. The molecular weight excluding hydrogens is 543 g/mol. The van der Waals surface area contributed by atoms with Crippen LogP contribution in [-0.2, 0) is 16.1 Å². The Morgan fingerprint density at radius 3 is 2.12 bits per heavy atom. The highest BCUT2D eigenvalue weighted by Gasteiger charge is 2.41. The van der Waals surface area contributed by atoms with Crippen LogP contribution >= 0.6 is 0 Å². The van der Waals surface area contributed by atoms with Crippen molar-refractivity contribution in [1.29, 1.82) is 0 Å². The number of carboxylic acids is 1. The maximum Gasteiger partial charge on any atom is 0.490 e. The molecule has 4 rings (SSSR count). The van der Waals surface area contributed by atoms with Gasteiger partial charge in [-0.3, -0.25) is 14.5 Å². The van der Waals surface area contributed by atoms with Gasteiger partial charge < -0.3 is 26.0 Å². The van der Waals surface area contributed by atoms with Crippen molar-refractivity contribution < 1.29 is 42.9 Å². The standard InChI is InChI=1S/C27H35N3O4.C2HF3O2/c1-18(31)25(32)27(34)29(17-19-6-3-2-4-7-19)12-13-30-23-10-11-24(30)16-22(15-23)20-8-5-9-21(14-20)26(28)33;3-2(4,5)1(6)7/h2-9,14,18,22-25,31-32H,10-13,15-17H2,1H3,(H2,28,33);(H,6,7)/t18-,22?,23-,24+,25+;/m1./s1. The van der Waals surface area contributed by atoms with Gasteiger partial charge in [-0.2, -0.15) is 13.2 Å². The first kappa shape index (κ1) is 32.0. The van der Waals surface area contributed by atoms with E-state index in [0.29, 0.717) is 36.7 Å². The highest BCUT2D eigenvalue weighted by atomic mass is 19.4. The van der Waals surface area contributed by atoms with Crippen LogP contribution in [0.1, 0.15) is 60.0 Å². The third kappa shape index (κ3) is 8.75. The molecular formula is C29H36F3N3O6. The monoisotopic (exact) mass is 579 g/mol. The van der Waals surface area contributed by atoms with E-state index in [-0.39, 0.29) is 0 Å². The molecule has 41 heavy (non-hydrogen) atoms. The maximum atomic E-state index is 12.9. The van der Waals surface area contributed by atoms with E-state index in [1.165, 1.54) is 12.5 Å². The van der Waals surface area contributed by atoms with Crippen LogP contribution < -0.4 is 5.73 Å². The summed E-state index contributed by atoms with van der Waals surface area (Å²) in [5.41, 5.74) is 8.20. The van der Waals surface area contributed by atoms with E-state index in [1.54, 1.807) is 11.0 Å². The number of alkyl halides is 3. The first-order valence-electron chi connectivity index (χ1n) is 13.4. The number of rotatable bonds is 9. The van der Waals surface area contributed by atoms with Crippen LogP contribution in [0.3, 0.4) is 0 Å². The summed E-state index contributed by atoms with van der Waals surface area (Å²) >= 11 is 0. The third-order valence-electron chi connectivity index (χ3n) is 7.64. The number of halogens is 3. The van der Waals surface area contributed by atoms with Crippen LogP contribution in [0.25, 0.3) is 0 Å². The largest absolute Gasteiger partial charge is 0.490 e. The Kier molecular flexibility index (Phi) is 10.9. The van der Waals surface area contributed by atoms with Crippen molar-refractivity contribution in [3.05, 3.63) is 71.3 Å². The molecule has 2 aromatic rings. The molecule has 2 aliphatic rings. The lowest BCUT2D eigenvalue weighted by Crippen LogP contribution is -2.49. The quantitative estimate of drug-likeness (QED) is 0.358. The molecule has 2 amide bonds. The number of aliphatic hydroxyl groups excluding tert-OH is 2. The Morgan fingerprint density at radius 2 is 1.61 bits per heavy atom. The summed E-state index contributed by atoms with van der Waals surface area (Å²) in [6, 6.07) is 18.3. The van der Waals surface area contributed by atoms with Gasteiger partial charge in [0.2, 0.25) is 5.91 Å².